The molecule has 0 aliphatic carbocycles. The van der Waals surface area contributed by atoms with Crippen molar-refractivity contribution in [1.29, 1.82) is 0 Å². The van der Waals surface area contributed by atoms with Crippen LogP contribution in [0.5, 0.6) is 0 Å². The number of piperidine rings is 1. The van der Waals surface area contributed by atoms with E-state index in [1.807, 2.05) is 12.1 Å². The van der Waals surface area contributed by atoms with E-state index in [1.165, 1.54) is 37.9 Å². The standard InChI is InChI=1S/C24H38N4O/c1-6-27(17-18(2)3)13-10-21-11-14-28(15-12-21)20(5)23-25-26-24(29-23)22-9-7-8-19(4)16-22/h7-9,16,18,20-21H,6,10-15,17H2,1-5H3. The highest BCUT2D eigenvalue weighted by Crippen LogP contribution is 2.29. The molecule has 2 heterocycles. The Labute approximate surface area is 176 Å². The first-order chi connectivity index (χ1) is 14.0. The Balaban J connectivity index is 1.49. The van der Waals surface area contributed by atoms with Crippen LogP contribution in [0.4, 0.5) is 0 Å². The lowest BCUT2D eigenvalue weighted by molar-refractivity contribution is 0.115. The van der Waals surface area contributed by atoms with E-state index in [1.54, 1.807) is 0 Å². The van der Waals surface area contributed by atoms with Crippen molar-refractivity contribution in [1.82, 2.24) is 20.0 Å². The molecule has 0 bridgehead atoms. The molecule has 1 saturated heterocycles. The number of rotatable bonds is 9. The maximum absolute atomic E-state index is 6.03. The lowest BCUT2D eigenvalue weighted by Gasteiger charge is -2.35. The summed E-state index contributed by atoms with van der Waals surface area (Å²) in [6, 6.07) is 8.40. The molecule has 0 spiro atoms. The first-order valence-electron chi connectivity index (χ1n) is 11.3. The Hall–Kier alpha value is -1.72. The topological polar surface area (TPSA) is 45.4 Å². The van der Waals surface area contributed by atoms with Gasteiger partial charge in [-0.25, -0.2) is 0 Å². The zero-order chi connectivity index (χ0) is 20.8. The van der Waals surface area contributed by atoms with Crippen LogP contribution in [0, 0.1) is 18.8 Å². The third-order valence-corrected chi connectivity index (χ3v) is 6.18. The molecule has 5 heteroatoms. The van der Waals surface area contributed by atoms with Crippen LogP contribution in [0.2, 0.25) is 0 Å². The van der Waals surface area contributed by atoms with Crippen LogP contribution in [0.1, 0.15) is 64.5 Å². The van der Waals surface area contributed by atoms with Crippen molar-refractivity contribution in [3.05, 3.63) is 35.7 Å². The fraction of sp³-hybridized carbons (Fsp3) is 0.667. The summed E-state index contributed by atoms with van der Waals surface area (Å²) in [5, 5.41) is 8.64. The lowest BCUT2D eigenvalue weighted by atomic mass is 9.92. The van der Waals surface area contributed by atoms with Gasteiger partial charge in [-0.1, -0.05) is 38.5 Å². The minimum atomic E-state index is 0.176. The maximum atomic E-state index is 6.03. The van der Waals surface area contributed by atoms with E-state index in [4.69, 9.17) is 4.42 Å². The predicted octanol–water partition coefficient (Wildman–Crippen LogP) is 5.19. The second kappa shape index (κ2) is 10.4. The molecule has 3 rings (SSSR count). The largest absolute Gasteiger partial charge is 0.419 e. The molecule has 1 unspecified atom stereocenters. The van der Waals surface area contributed by atoms with Crippen LogP contribution in [0.15, 0.2) is 28.7 Å². The average Bonchev–Trinajstić information content (AvgIpc) is 3.21. The molecule has 1 aliphatic heterocycles. The summed E-state index contributed by atoms with van der Waals surface area (Å²) in [6.45, 7) is 17.0. The van der Waals surface area contributed by atoms with Gasteiger partial charge in [0.15, 0.2) is 0 Å². The van der Waals surface area contributed by atoms with Gasteiger partial charge in [-0.3, -0.25) is 4.90 Å². The highest BCUT2D eigenvalue weighted by Gasteiger charge is 2.27. The molecule has 0 amide bonds. The lowest BCUT2D eigenvalue weighted by Crippen LogP contribution is -2.37. The maximum Gasteiger partial charge on any atom is 0.247 e. The highest BCUT2D eigenvalue weighted by molar-refractivity contribution is 5.53. The summed E-state index contributed by atoms with van der Waals surface area (Å²) in [4.78, 5) is 5.10. The molecule has 0 radical (unpaired) electrons. The van der Waals surface area contributed by atoms with Gasteiger partial charge in [-0.05, 0) is 83.3 Å². The Morgan fingerprint density at radius 2 is 1.93 bits per heavy atom. The van der Waals surface area contributed by atoms with Gasteiger partial charge in [0.2, 0.25) is 11.8 Å². The summed E-state index contributed by atoms with van der Waals surface area (Å²) in [5.74, 6) is 2.94. The van der Waals surface area contributed by atoms with Gasteiger partial charge in [-0.2, -0.15) is 0 Å². The molecule has 1 fully saturated rings. The minimum absolute atomic E-state index is 0.176. The molecular weight excluding hydrogens is 360 g/mol. The highest BCUT2D eigenvalue weighted by atomic mass is 16.4. The van der Waals surface area contributed by atoms with Gasteiger partial charge in [0.25, 0.3) is 0 Å². The van der Waals surface area contributed by atoms with E-state index in [9.17, 15) is 0 Å². The van der Waals surface area contributed by atoms with Gasteiger partial charge in [0.1, 0.15) is 0 Å². The normalized spacial score (nSPS) is 17.3. The van der Waals surface area contributed by atoms with Crippen LogP contribution < -0.4 is 0 Å². The minimum Gasteiger partial charge on any atom is -0.419 e. The van der Waals surface area contributed by atoms with Crippen LogP contribution in [-0.2, 0) is 0 Å². The molecule has 0 saturated carbocycles. The second-order valence-corrected chi connectivity index (χ2v) is 9.05. The molecule has 1 atom stereocenters. The first kappa shape index (κ1) is 22.0. The number of aryl methyl sites for hydroxylation is 1. The number of benzene rings is 1. The Bertz CT molecular complexity index is 749. The molecule has 5 nitrogen and oxygen atoms in total. The van der Waals surface area contributed by atoms with E-state index in [0.717, 1.165) is 42.9 Å². The summed E-state index contributed by atoms with van der Waals surface area (Å²) >= 11 is 0. The van der Waals surface area contributed by atoms with Gasteiger partial charge in [0, 0.05) is 12.1 Å². The van der Waals surface area contributed by atoms with Crippen LogP contribution in [0.25, 0.3) is 11.5 Å². The van der Waals surface area contributed by atoms with Crippen molar-refractivity contribution < 1.29 is 4.42 Å². The van der Waals surface area contributed by atoms with E-state index in [0.29, 0.717) is 5.89 Å². The van der Waals surface area contributed by atoms with E-state index in [2.05, 4.69) is 66.7 Å². The Kier molecular flexibility index (Phi) is 7.84. The van der Waals surface area contributed by atoms with Gasteiger partial charge >= 0.3 is 0 Å². The zero-order valence-electron chi connectivity index (χ0n) is 18.9. The molecule has 160 valence electrons. The molecule has 1 aliphatic rings. The fourth-order valence-corrected chi connectivity index (χ4v) is 4.34. The van der Waals surface area contributed by atoms with Gasteiger partial charge in [-0.15, -0.1) is 10.2 Å². The second-order valence-electron chi connectivity index (χ2n) is 9.05. The number of hydrogen-bond acceptors (Lipinski definition) is 5. The quantitative estimate of drug-likeness (QED) is 0.582. The molecule has 29 heavy (non-hydrogen) atoms. The zero-order valence-corrected chi connectivity index (χ0v) is 18.9. The Morgan fingerprint density at radius 3 is 2.59 bits per heavy atom. The van der Waals surface area contributed by atoms with E-state index < -0.39 is 0 Å². The molecule has 2 aromatic rings. The fourth-order valence-electron chi connectivity index (χ4n) is 4.34. The van der Waals surface area contributed by atoms with Crippen LogP contribution in [0.3, 0.4) is 0 Å². The summed E-state index contributed by atoms with van der Waals surface area (Å²) < 4.78 is 6.03. The first-order valence-corrected chi connectivity index (χ1v) is 11.3. The summed E-state index contributed by atoms with van der Waals surface area (Å²) in [5.41, 5.74) is 2.20. The number of aromatic nitrogens is 2. The van der Waals surface area contributed by atoms with Crippen LogP contribution in [-0.4, -0.2) is 52.7 Å². The third kappa shape index (κ3) is 6.13. The number of hydrogen-bond donors (Lipinski definition) is 0. The molecule has 1 aromatic heterocycles. The molecule has 0 N–H and O–H groups in total. The van der Waals surface area contributed by atoms with E-state index in [-0.39, 0.29) is 6.04 Å². The average molecular weight is 399 g/mol. The molecular formula is C24H38N4O. The monoisotopic (exact) mass is 398 g/mol. The third-order valence-electron chi connectivity index (χ3n) is 6.18. The molecule has 1 aromatic carbocycles. The van der Waals surface area contributed by atoms with Crippen molar-refractivity contribution >= 4 is 0 Å². The summed E-state index contributed by atoms with van der Waals surface area (Å²) in [6.07, 6.45) is 3.85. The number of nitrogens with zero attached hydrogens (tertiary/aromatic N) is 4. The van der Waals surface area contributed by atoms with Crippen molar-refractivity contribution in [3.8, 4) is 11.5 Å². The van der Waals surface area contributed by atoms with Crippen molar-refractivity contribution in [2.24, 2.45) is 11.8 Å². The predicted molar refractivity (Wildman–Crippen MR) is 119 cm³/mol. The SMILES string of the molecule is CCN(CCC1CCN(C(C)c2nnc(-c3cccc(C)c3)o2)CC1)CC(C)C. The van der Waals surface area contributed by atoms with Gasteiger partial charge < -0.3 is 9.32 Å². The van der Waals surface area contributed by atoms with Crippen molar-refractivity contribution in [3.63, 3.8) is 0 Å². The van der Waals surface area contributed by atoms with Crippen LogP contribution >= 0.6 is 0 Å². The van der Waals surface area contributed by atoms with Gasteiger partial charge in [0.05, 0.1) is 6.04 Å². The summed E-state index contributed by atoms with van der Waals surface area (Å²) in [7, 11) is 0. The Morgan fingerprint density at radius 1 is 1.17 bits per heavy atom. The number of likely N-dealkylation sites (tertiary alicyclic amines) is 1. The van der Waals surface area contributed by atoms with E-state index >= 15 is 0 Å². The van der Waals surface area contributed by atoms with Crippen molar-refractivity contribution in [2.45, 2.75) is 59.9 Å². The van der Waals surface area contributed by atoms with Crippen molar-refractivity contribution in [2.75, 3.05) is 32.7 Å². The smallest absolute Gasteiger partial charge is 0.247 e.